The standard InChI is InChI=1S/C17H14Br2ClN3O4/c1-9-4-11(2-3-12(9)18)22-17(26)23-21-7-10-5-13(19)16(14(20)6-10)27-8-15(24)25/h2-7H,8H2,1H3,(H,24,25)(H2,22,23,26)/b21-7+. The van der Waals surface area contributed by atoms with Crippen molar-refractivity contribution in [3.05, 3.63) is 55.4 Å². The minimum Gasteiger partial charge on any atom is -0.479 e. The lowest BCUT2D eigenvalue weighted by Gasteiger charge is -2.09. The quantitative estimate of drug-likeness (QED) is 0.377. The van der Waals surface area contributed by atoms with Crippen LogP contribution >= 0.6 is 43.5 Å². The number of nitrogens with zero attached hydrogens (tertiary/aromatic N) is 1. The number of hydrazone groups is 1. The molecular weight excluding hydrogens is 505 g/mol. The van der Waals surface area contributed by atoms with Crippen LogP contribution in [0.1, 0.15) is 11.1 Å². The number of amides is 2. The summed E-state index contributed by atoms with van der Waals surface area (Å²) in [5, 5.41) is 15.4. The molecule has 0 aliphatic heterocycles. The summed E-state index contributed by atoms with van der Waals surface area (Å²) >= 11 is 12.7. The average Bonchev–Trinajstić information content (AvgIpc) is 2.57. The van der Waals surface area contributed by atoms with E-state index in [2.05, 4.69) is 47.7 Å². The van der Waals surface area contributed by atoms with Crippen molar-refractivity contribution in [2.45, 2.75) is 6.92 Å². The summed E-state index contributed by atoms with van der Waals surface area (Å²) in [6.07, 6.45) is 1.39. The largest absolute Gasteiger partial charge is 0.479 e. The molecule has 0 unspecified atom stereocenters. The molecule has 0 atom stereocenters. The maximum atomic E-state index is 11.9. The van der Waals surface area contributed by atoms with Crippen molar-refractivity contribution in [1.82, 2.24) is 5.43 Å². The van der Waals surface area contributed by atoms with Crippen molar-refractivity contribution in [3.8, 4) is 5.75 Å². The van der Waals surface area contributed by atoms with Gasteiger partial charge in [-0.15, -0.1) is 0 Å². The molecule has 27 heavy (non-hydrogen) atoms. The summed E-state index contributed by atoms with van der Waals surface area (Å²) in [6.45, 7) is 1.40. The van der Waals surface area contributed by atoms with Gasteiger partial charge in [0.25, 0.3) is 0 Å². The zero-order valence-corrected chi connectivity index (χ0v) is 17.9. The predicted molar refractivity (Wildman–Crippen MR) is 111 cm³/mol. The molecule has 0 saturated heterocycles. The van der Waals surface area contributed by atoms with Crippen LogP contribution in [0, 0.1) is 6.92 Å². The number of rotatable bonds is 6. The molecule has 10 heteroatoms. The lowest BCUT2D eigenvalue weighted by molar-refractivity contribution is -0.139. The maximum absolute atomic E-state index is 11.9. The van der Waals surface area contributed by atoms with Crippen LogP contribution in [0.5, 0.6) is 5.75 Å². The first-order valence-electron chi connectivity index (χ1n) is 7.46. The minimum absolute atomic E-state index is 0.210. The monoisotopic (exact) mass is 517 g/mol. The number of ether oxygens (including phenoxy) is 1. The fourth-order valence-electron chi connectivity index (χ4n) is 1.97. The van der Waals surface area contributed by atoms with Gasteiger partial charge < -0.3 is 15.2 Å². The molecule has 0 bridgehead atoms. The van der Waals surface area contributed by atoms with E-state index in [4.69, 9.17) is 21.4 Å². The molecule has 0 heterocycles. The highest BCUT2D eigenvalue weighted by molar-refractivity contribution is 9.10. The molecule has 142 valence electrons. The van der Waals surface area contributed by atoms with Crippen molar-refractivity contribution in [1.29, 1.82) is 0 Å². The number of aliphatic carboxylic acids is 1. The van der Waals surface area contributed by atoms with Crippen molar-refractivity contribution in [3.63, 3.8) is 0 Å². The molecule has 7 nitrogen and oxygen atoms in total. The van der Waals surface area contributed by atoms with Gasteiger partial charge in [0.05, 0.1) is 15.7 Å². The molecule has 0 spiro atoms. The fourth-order valence-corrected chi connectivity index (χ4v) is 3.21. The molecule has 0 radical (unpaired) electrons. The van der Waals surface area contributed by atoms with Gasteiger partial charge in [0, 0.05) is 10.2 Å². The Kier molecular flexibility index (Phi) is 7.64. The average molecular weight is 520 g/mol. The van der Waals surface area contributed by atoms with E-state index in [0.717, 1.165) is 10.0 Å². The van der Waals surface area contributed by atoms with Gasteiger partial charge in [-0.05, 0) is 64.3 Å². The Hall–Kier alpha value is -2.10. The van der Waals surface area contributed by atoms with E-state index in [-0.39, 0.29) is 10.8 Å². The fraction of sp³-hybridized carbons (Fsp3) is 0.118. The molecule has 0 saturated carbocycles. The highest BCUT2D eigenvalue weighted by atomic mass is 79.9. The van der Waals surface area contributed by atoms with E-state index < -0.39 is 18.6 Å². The van der Waals surface area contributed by atoms with E-state index in [1.165, 1.54) is 12.3 Å². The number of hydrogen-bond donors (Lipinski definition) is 3. The molecule has 2 aromatic rings. The Labute approximate surface area is 177 Å². The normalized spacial score (nSPS) is 10.7. The van der Waals surface area contributed by atoms with Crippen LogP contribution in [0.15, 0.2) is 44.4 Å². The zero-order chi connectivity index (χ0) is 20.0. The van der Waals surface area contributed by atoms with Gasteiger partial charge in [0.1, 0.15) is 0 Å². The number of carbonyl (C=O) groups is 2. The van der Waals surface area contributed by atoms with Crippen molar-refractivity contribution in [2.24, 2.45) is 5.10 Å². The van der Waals surface area contributed by atoms with Crippen LogP contribution in [0.3, 0.4) is 0 Å². The summed E-state index contributed by atoms with van der Waals surface area (Å²) in [4.78, 5) is 22.5. The third-order valence-corrected chi connectivity index (χ3v) is 4.92. The first-order valence-corrected chi connectivity index (χ1v) is 9.42. The van der Waals surface area contributed by atoms with Crippen LogP contribution in [-0.4, -0.2) is 29.9 Å². The Morgan fingerprint density at radius 2 is 2.00 bits per heavy atom. The van der Waals surface area contributed by atoms with Crippen molar-refractivity contribution < 1.29 is 19.4 Å². The van der Waals surface area contributed by atoms with Gasteiger partial charge in [0.15, 0.2) is 12.4 Å². The summed E-state index contributed by atoms with van der Waals surface area (Å²) < 4.78 is 6.52. The number of urea groups is 1. The van der Waals surface area contributed by atoms with Gasteiger partial charge in [-0.2, -0.15) is 5.10 Å². The topological polar surface area (TPSA) is 100 Å². The first kappa shape index (κ1) is 21.2. The van der Waals surface area contributed by atoms with Crippen LogP contribution < -0.4 is 15.5 Å². The Bertz CT molecular complexity index is 883. The minimum atomic E-state index is -1.11. The summed E-state index contributed by atoms with van der Waals surface area (Å²) in [7, 11) is 0. The SMILES string of the molecule is Cc1cc(NC(=O)N/N=C/c2cc(Cl)c(OCC(=O)O)c(Br)c2)ccc1Br. The maximum Gasteiger partial charge on any atom is 0.341 e. The van der Waals surface area contributed by atoms with Gasteiger partial charge in [-0.1, -0.05) is 27.5 Å². The van der Waals surface area contributed by atoms with E-state index in [1.54, 1.807) is 12.1 Å². The number of carbonyl (C=O) groups excluding carboxylic acids is 1. The number of aryl methyl sites for hydroxylation is 1. The molecular formula is C17H14Br2ClN3O4. The van der Waals surface area contributed by atoms with E-state index in [1.807, 2.05) is 19.1 Å². The van der Waals surface area contributed by atoms with E-state index in [0.29, 0.717) is 15.7 Å². The Morgan fingerprint density at radius 1 is 1.26 bits per heavy atom. The molecule has 3 N–H and O–H groups in total. The Balaban J connectivity index is 1.97. The number of hydrogen-bond acceptors (Lipinski definition) is 4. The second-order valence-electron chi connectivity index (χ2n) is 5.28. The molecule has 0 aromatic heterocycles. The first-order chi connectivity index (χ1) is 12.8. The van der Waals surface area contributed by atoms with Gasteiger partial charge in [0.2, 0.25) is 0 Å². The highest BCUT2D eigenvalue weighted by Gasteiger charge is 2.10. The van der Waals surface area contributed by atoms with Gasteiger partial charge >= 0.3 is 12.0 Å². The summed E-state index contributed by atoms with van der Waals surface area (Å²) in [6, 6.07) is 8.07. The zero-order valence-electron chi connectivity index (χ0n) is 13.9. The van der Waals surface area contributed by atoms with Crippen LogP contribution in [-0.2, 0) is 4.79 Å². The number of carboxylic acid groups (broad SMARTS) is 1. The lowest BCUT2D eigenvalue weighted by atomic mass is 10.2. The molecule has 0 fully saturated rings. The number of anilines is 1. The highest BCUT2D eigenvalue weighted by Crippen LogP contribution is 2.34. The van der Waals surface area contributed by atoms with Gasteiger partial charge in [-0.3, -0.25) is 0 Å². The van der Waals surface area contributed by atoms with Crippen LogP contribution in [0.2, 0.25) is 5.02 Å². The second kappa shape index (κ2) is 9.72. The van der Waals surface area contributed by atoms with E-state index in [9.17, 15) is 9.59 Å². The summed E-state index contributed by atoms with van der Waals surface area (Å²) in [5.41, 5.74) is 4.55. The van der Waals surface area contributed by atoms with E-state index >= 15 is 0 Å². The van der Waals surface area contributed by atoms with Crippen molar-refractivity contribution >= 4 is 67.4 Å². The molecule has 2 rings (SSSR count). The lowest BCUT2D eigenvalue weighted by Crippen LogP contribution is -2.24. The molecule has 0 aliphatic carbocycles. The smallest absolute Gasteiger partial charge is 0.341 e. The molecule has 2 amide bonds. The van der Waals surface area contributed by atoms with Crippen LogP contribution in [0.4, 0.5) is 10.5 Å². The summed E-state index contributed by atoms with van der Waals surface area (Å²) in [5.74, 6) is -0.896. The molecule has 0 aliphatic rings. The Morgan fingerprint density at radius 3 is 2.63 bits per heavy atom. The van der Waals surface area contributed by atoms with Crippen LogP contribution in [0.25, 0.3) is 0 Å². The van der Waals surface area contributed by atoms with Gasteiger partial charge in [-0.25, -0.2) is 15.0 Å². The number of nitrogens with one attached hydrogen (secondary N) is 2. The number of halogens is 3. The second-order valence-corrected chi connectivity index (χ2v) is 7.40. The number of benzene rings is 2. The third kappa shape index (κ3) is 6.53. The molecule has 2 aromatic carbocycles. The third-order valence-electron chi connectivity index (χ3n) is 3.16. The number of carboxylic acids is 1. The van der Waals surface area contributed by atoms with Crippen molar-refractivity contribution in [2.75, 3.05) is 11.9 Å². The predicted octanol–water partition coefficient (Wildman–Crippen LogP) is 4.79.